The number of hydrogen-bond acceptors (Lipinski definition) is 4. The Hall–Kier alpha value is -2.81. The van der Waals surface area contributed by atoms with Crippen LogP contribution in [0, 0.1) is 6.57 Å². The molecule has 6 heteroatoms. The molecule has 3 rings (SSSR count). The van der Waals surface area contributed by atoms with Crippen LogP contribution in [0.3, 0.4) is 0 Å². The third-order valence-electron chi connectivity index (χ3n) is 4.77. The first kappa shape index (κ1) is 19.0. The molecule has 6 nitrogen and oxygen atoms in total. The van der Waals surface area contributed by atoms with Gasteiger partial charge in [0.15, 0.2) is 0 Å². The third-order valence-corrected chi connectivity index (χ3v) is 4.77. The van der Waals surface area contributed by atoms with Gasteiger partial charge >= 0.3 is 6.09 Å². The molecule has 0 unspecified atom stereocenters. The highest BCUT2D eigenvalue weighted by atomic mass is 16.6. The Labute approximate surface area is 160 Å². The van der Waals surface area contributed by atoms with Gasteiger partial charge in [0.25, 0.3) is 0 Å². The summed E-state index contributed by atoms with van der Waals surface area (Å²) in [4.78, 5) is 24.6. The average Bonchev–Trinajstić information content (AvgIpc) is 2.61. The first-order valence-electron chi connectivity index (χ1n) is 9.22. The lowest BCUT2D eigenvalue weighted by molar-refractivity contribution is 0.0130. The quantitative estimate of drug-likeness (QED) is 0.691. The molecule has 0 aliphatic carbocycles. The zero-order valence-electron chi connectivity index (χ0n) is 16.6. The van der Waals surface area contributed by atoms with E-state index in [-0.39, 0.29) is 18.2 Å². The molecule has 2 aromatic rings. The van der Waals surface area contributed by atoms with E-state index in [1.807, 2.05) is 52.0 Å². The van der Waals surface area contributed by atoms with Crippen molar-refractivity contribution in [3.63, 3.8) is 0 Å². The molecule has 1 aromatic heterocycles. The van der Waals surface area contributed by atoms with Gasteiger partial charge < -0.3 is 14.5 Å². The average molecular weight is 366 g/mol. The van der Waals surface area contributed by atoms with E-state index in [9.17, 15) is 4.79 Å². The molecular formula is C21H26N4O2. The molecule has 0 spiro atoms. The Morgan fingerprint density at radius 1 is 1.22 bits per heavy atom. The maximum Gasteiger partial charge on any atom is 0.410 e. The molecule has 142 valence electrons. The predicted molar refractivity (Wildman–Crippen MR) is 107 cm³/mol. The van der Waals surface area contributed by atoms with Crippen molar-refractivity contribution < 1.29 is 9.53 Å². The van der Waals surface area contributed by atoms with E-state index in [0.717, 1.165) is 16.6 Å². The van der Waals surface area contributed by atoms with Gasteiger partial charge in [-0.15, -0.1) is 0 Å². The van der Waals surface area contributed by atoms with Gasteiger partial charge in [-0.1, -0.05) is 12.1 Å². The Morgan fingerprint density at radius 2 is 1.96 bits per heavy atom. The van der Waals surface area contributed by atoms with Crippen LogP contribution in [0.5, 0.6) is 0 Å². The number of piperazine rings is 1. The predicted octanol–water partition coefficient (Wildman–Crippen LogP) is 4.62. The second-order valence-electron chi connectivity index (χ2n) is 8.10. The first-order valence-corrected chi connectivity index (χ1v) is 9.22. The summed E-state index contributed by atoms with van der Waals surface area (Å²) in [6.07, 6.45) is 1.45. The normalized spacial score (nSPS) is 20.4. The van der Waals surface area contributed by atoms with Crippen molar-refractivity contribution in [3.8, 4) is 0 Å². The van der Waals surface area contributed by atoms with Gasteiger partial charge in [-0.05, 0) is 46.8 Å². The van der Waals surface area contributed by atoms with E-state index < -0.39 is 5.60 Å². The molecule has 2 heterocycles. The number of nitrogens with zero attached hydrogens (tertiary/aromatic N) is 4. The zero-order valence-corrected chi connectivity index (χ0v) is 16.6. The maximum atomic E-state index is 12.6. The van der Waals surface area contributed by atoms with Crippen LogP contribution in [0.15, 0.2) is 30.5 Å². The highest BCUT2D eigenvalue weighted by Gasteiger charge is 2.35. The molecule has 27 heavy (non-hydrogen) atoms. The lowest BCUT2D eigenvalue weighted by atomic mass is 10.0. The molecule has 0 radical (unpaired) electrons. The summed E-state index contributed by atoms with van der Waals surface area (Å²) in [6, 6.07) is 7.85. The van der Waals surface area contributed by atoms with E-state index in [4.69, 9.17) is 11.3 Å². The summed E-state index contributed by atoms with van der Waals surface area (Å²) in [5.74, 6) is 0. The van der Waals surface area contributed by atoms with Gasteiger partial charge in [-0.2, -0.15) is 0 Å². The van der Waals surface area contributed by atoms with Crippen LogP contribution >= 0.6 is 0 Å². The van der Waals surface area contributed by atoms with Gasteiger partial charge in [0.05, 0.1) is 12.1 Å². The van der Waals surface area contributed by atoms with Crippen LogP contribution in [0.4, 0.5) is 16.2 Å². The van der Waals surface area contributed by atoms with E-state index in [1.165, 1.54) is 0 Å². The smallest absolute Gasteiger partial charge is 0.410 e. The number of fused-ring (bicyclic) bond motifs is 1. The fourth-order valence-electron chi connectivity index (χ4n) is 3.52. The van der Waals surface area contributed by atoms with Crippen LogP contribution in [0.2, 0.25) is 0 Å². The molecule has 1 fully saturated rings. The fraction of sp³-hybridized carbons (Fsp3) is 0.476. The van der Waals surface area contributed by atoms with E-state index in [1.54, 1.807) is 11.1 Å². The first-order chi connectivity index (χ1) is 12.7. The summed E-state index contributed by atoms with van der Waals surface area (Å²) in [5.41, 5.74) is 1.82. The second kappa shape index (κ2) is 7.07. The molecule has 1 amide bonds. The SMILES string of the molecule is [C-]#[N+]c1ccc(N2C[C@@H](C)N(C(=O)OC(C)(C)C)C[C@@H]2C)c2cccnc12. The Morgan fingerprint density at radius 3 is 2.63 bits per heavy atom. The molecule has 1 aromatic carbocycles. The van der Waals surface area contributed by atoms with Crippen molar-refractivity contribution >= 4 is 28.4 Å². The lowest BCUT2D eigenvalue weighted by Crippen LogP contribution is -2.59. The highest BCUT2D eigenvalue weighted by Crippen LogP contribution is 2.35. The number of anilines is 1. The summed E-state index contributed by atoms with van der Waals surface area (Å²) >= 11 is 0. The minimum Gasteiger partial charge on any atom is -0.444 e. The van der Waals surface area contributed by atoms with Crippen molar-refractivity contribution in [1.29, 1.82) is 0 Å². The number of carbonyl (C=O) groups excluding carboxylic acids is 1. The summed E-state index contributed by atoms with van der Waals surface area (Å²) in [7, 11) is 0. The van der Waals surface area contributed by atoms with E-state index in [2.05, 4.69) is 21.7 Å². The summed E-state index contributed by atoms with van der Waals surface area (Å²) in [5, 5.41) is 0.968. The number of benzene rings is 1. The number of pyridine rings is 1. The molecular weight excluding hydrogens is 340 g/mol. The largest absolute Gasteiger partial charge is 0.444 e. The zero-order chi connectivity index (χ0) is 19.8. The topological polar surface area (TPSA) is 50.0 Å². The Kier molecular flexibility index (Phi) is 4.97. The van der Waals surface area contributed by atoms with Crippen molar-refractivity contribution in [3.05, 3.63) is 41.9 Å². The third kappa shape index (κ3) is 3.82. The number of aromatic nitrogens is 1. The van der Waals surface area contributed by atoms with Crippen LogP contribution < -0.4 is 4.90 Å². The van der Waals surface area contributed by atoms with Crippen LogP contribution in [0.25, 0.3) is 15.7 Å². The molecule has 2 atom stereocenters. The minimum atomic E-state index is -0.505. The molecule has 1 aliphatic rings. The van der Waals surface area contributed by atoms with Gasteiger partial charge in [0.2, 0.25) is 5.69 Å². The standard InChI is InChI=1S/C21H26N4O2/c1-14-13-25(20(26)27-21(3,4)5)15(2)12-24(14)18-10-9-17(22-6)19-16(18)8-7-11-23-19/h7-11,14-15H,12-13H2,1-5H3/t14-,15+/m0/s1. The number of amides is 1. The van der Waals surface area contributed by atoms with Crippen molar-refractivity contribution in [1.82, 2.24) is 9.88 Å². The van der Waals surface area contributed by atoms with Gasteiger partial charge in [-0.25, -0.2) is 9.64 Å². The lowest BCUT2D eigenvalue weighted by Gasteiger charge is -2.45. The molecule has 1 aliphatic heterocycles. The maximum absolute atomic E-state index is 12.6. The minimum absolute atomic E-state index is 0.0170. The monoisotopic (exact) mass is 366 g/mol. The second-order valence-corrected chi connectivity index (χ2v) is 8.10. The van der Waals surface area contributed by atoms with Crippen molar-refractivity contribution in [2.75, 3.05) is 18.0 Å². The molecule has 0 bridgehead atoms. The number of ether oxygens (including phenoxy) is 1. The number of carbonyl (C=O) groups is 1. The molecule has 0 N–H and O–H groups in total. The number of hydrogen-bond donors (Lipinski definition) is 0. The van der Waals surface area contributed by atoms with Gasteiger partial charge in [0, 0.05) is 42.4 Å². The number of rotatable bonds is 1. The van der Waals surface area contributed by atoms with Crippen molar-refractivity contribution in [2.24, 2.45) is 0 Å². The van der Waals surface area contributed by atoms with Crippen molar-refractivity contribution in [2.45, 2.75) is 52.3 Å². The Bertz CT molecular complexity index is 897. The van der Waals surface area contributed by atoms with Crippen LogP contribution in [0.1, 0.15) is 34.6 Å². The molecule has 1 saturated heterocycles. The fourth-order valence-corrected chi connectivity index (χ4v) is 3.52. The summed E-state index contributed by atoms with van der Waals surface area (Å²) < 4.78 is 5.56. The van der Waals surface area contributed by atoms with Crippen LogP contribution in [-0.2, 0) is 4.74 Å². The van der Waals surface area contributed by atoms with Gasteiger partial charge in [-0.3, -0.25) is 4.98 Å². The highest BCUT2D eigenvalue weighted by molar-refractivity contribution is 5.99. The van der Waals surface area contributed by atoms with Gasteiger partial charge in [0.1, 0.15) is 5.60 Å². The van der Waals surface area contributed by atoms with E-state index in [0.29, 0.717) is 18.8 Å². The van der Waals surface area contributed by atoms with E-state index >= 15 is 0 Å². The Balaban J connectivity index is 1.90. The molecule has 0 saturated carbocycles. The van der Waals surface area contributed by atoms with Crippen LogP contribution in [-0.4, -0.2) is 46.8 Å². The summed E-state index contributed by atoms with van der Waals surface area (Å²) in [6.45, 7) is 18.4.